The van der Waals surface area contributed by atoms with Crippen LogP contribution >= 0.6 is 0 Å². The largest absolute Gasteiger partial charge is 0.395 e. The summed E-state index contributed by atoms with van der Waals surface area (Å²) in [5.74, 6) is 0.949. The number of methoxy groups -OCH3 is 1. The molecule has 0 fully saturated rings. The van der Waals surface area contributed by atoms with Crippen molar-refractivity contribution in [3.05, 3.63) is 0 Å². The summed E-state index contributed by atoms with van der Waals surface area (Å²) < 4.78 is 4.74. The summed E-state index contributed by atoms with van der Waals surface area (Å²) >= 11 is 0. The summed E-state index contributed by atoms with van der Waals surface area (Å²) in [6.07, 6.45) is 4.08. The van der Waals surface area contributed by atoms with Gasteiger partial charge in [-0.2, -0.15) is 0 Å². The fourth-order valence-electron chi connectivity index (χ4n) is 1.08. The standard InChI is InChI=1S/C7H16.C5H13NO2/c1-4-6-7(3)5-2;1-8-5-3-6-2-4-7/h7H,4-6H2,1-3H3;6-7H,2-5H2,1H3. The van der Waals surface area contributed by atoms with Gasteiger partial charge in [0.2, 0.25) is 0 Å². The Balaban J connectivity index is 0. The van der Waals surface area contributed by atoms with Gasteiger partial charge in [-0.3, -0.25) is 0 Å². The second kappa shape index (κ2) is 16.3. The monoisotopic (exact) mass is 219 g/mol. The highest BCUT2D eigenvalue weighted by Crippen LogP contribution is 2.07. The van der Waals surface area contributed by atoms with Crippen LogP contribution in [0.25, 0.3) is 0 Å². The van der Waals surface area contributed by atoms with E-state index in [0.717, 1.165) is 12.5 Å². The van der Waals surface area contributed by atoms with E-state index in [4.69, 9.17) is 9.84 Å². The van der Waals surface area contributed by atoms with Gasteiger partial charge in [0.25, 0.3) is 0 Å². The van der Waals surface area contributed by atoms with Crippen LogP contribution in [0.1, 0.15) is 40.0 Å². The molecule has 0 amide bonds. The first kappa shape index (κ1) is 17.3. The summed E-state index contributed by atoms with van der Waals surface area (Å²) in [5, 5.41) is 11.2. The van der Waals surface area contributed by atoms with Gasteiger partial charge in [0.05, 0.1) is 13.2 Å². The molecule has 3 heteroatoms. The predicted octanol–water partition coefficient (Wildman–Crippen LogP) is 2.05. The van der Waals surface area contributed by atoms with Crippen LogP contribution in [0, 0.1) is 5.92 Å². The molecule has 1 unspecified atom stereocenters. The molecule has 0 aromatic carbocycles. The Morgan fingerprint density at radius 2 is 1.93 bits per heavy atom. The quantitative estimate of drug-likeness (QED) is 0.614. The molecule has 0 spiro atoms. The lowest BCUT2D eigenvalue weighted by atomic mass is 10.0. The Hall–Kier alpha value is -0.120. The van der Waals surface area contributed by atoms with Gasteiger partial charge in [-0.1, -0.05) is 40.0 Å². The van der Waals surface area contributed by atoms with Crippen molar-refractivity contribution in [3.63, 3.8) is 0 Å². The first-order valence-corrected chi connectivity index (χ1v) is 6.03. The van der Waals surface area contributed by atoms with Crippen molar-refractivity contribution in [1.29, 1.82) is 0 Å². The maximum Gasteiger partial charge on any atom is 0.0587 e. The summed E-state index contributed by atoms with van der Waals surface area (Å²) in [7, 11) is 1.65. The summed E-state index contributed by atoms with van der Waals surface area (Å²) in [6, 6.07) is 0. The number of aliphatic hydroxyl groups excluding tert-OH is 1. The molecular weight excluding hydrogens is 190 g/mol. The molecule has 2 N–H and O–H groups in total. The smallest absolute Gasteiger partial charge is 0.0587 e. The topological polar surface area (TPSA) is 41.5 Å². The number of ether oxygens (including phenoxy) is 1. The minimum Gasteiger partial charge on any atom is -0.395 e. The minimum atomic E-state index is 0.198. The normalized spacial score (nSPS) is 11.8. The van der Waals surface area contributed by atoms with E-state index in [9.17, 15) is 0 Å². The van der Waals surface area contributed by atoms with Gasteiger partial charge in [-0.15, -0.1) is 0 Å². The second-order valence-electron chi connectivity index (χ2n) is 3.77. The average Bonchev–Trinajstić information content (AvgIpc) is 2.26. The van der Waals surface area contributed by atoms with Crippen LogP contribution in [0.3, 0.4) is 0 Å². The van der Waals surface area contributed by atoms with Crippen LogP contribution in [-0.2, 0) is 4.74 Å². The van der Waals surface area contributed by atoms with Crippen molar-refractivity contribution in [1.82, 2.24) is 5.32 Å². The van der Waals surface area contributed by atoms with Crippen molar-refractivity contribution in [2.45, 2.75) is 40.0 Å². The summed E-state index contributed by atoms with van der Waals surface area (Å²) in [5.41, 5.74) is 0. The highest BCUT2D eigenvalue weighted by atomic mass is 16.5. The molecule has 0 saturated heterocycles. The Labute approximate surface area is 95.2 Å². The minimum absolute atomic E-state index is 0.198. The summed E-state index contributed by atoms with van der Waals surface area (Å²) in [6.45, 7) is 9.18. The van der Waals surface area contributed by atoms with Crippen molar-refractivity contribution >= 4 is 0 Å². The van der Waals surface area contributed by atoms with Crippen LogP contribution in [0.15, 0.2) is 0 Å². The molecule has 0 aromatic rings. The van der Waals surface area contributed by atoms with Crippen LogP contribution in [0.5, 0.6) is 0 Å². The molecule has 94 valence electrons. The van der Waals surface area contributed by atoms with Gasteiger partial charge in [0, 0.05) is 20.2 Å². The molecule has 0 bridgehead atoms. The maximum atomic E-state index is 8.26. The first-order chi connectivity index (χ1) is 7.22. The van der Waals surface area contributed by atoms with E-state index in [1.807, 2.05) is 0 Å². The van der Waals surface area contributed by atoms with Crippen molar-refractivity contribution < 1.29 is 9.84 Å². The molecule has 0 rings (SSSR count). The molecule has 0 aliphatic carbocycles. The zero-order valence-corrected chi connectivity index (χ0v) is 10.9. The maximum absolute atomic E-state index is 8.26. The molecule has 0 heterocycles. The van der Waals surface area contributed by atoms with E-state index in [1.54, 1.807) is 7.11 Å². The van der Waals surface area contributed by atoms with Crippen LogP contribution in [0.4, 0.5) is 0 Å². The molecule has 0 radical (unpaired) electrons. The third-order valence-corrected chi connectivity index (χ3v) is 2.25. The molecule has 0 aliphatic rings. The van der Waals surface area contributed by atoms with Crippen molar-refractivity contribution in [2.75, 3.05) is 33.4 Å². The van der Waals surface area contributed by atoms with E-state index < -0.39 is 0 Å². The Bertz CT molecular complexity index is 93.6. The predicted molar refractivity (Wildman–Crippen MR) is 66.2 cm³/mol. The van der Waals surface area contributed by atoms with Crippen LogP contribution < -0.4 is 5.32 Å². The van der Waals surface area contributed by atoms with Gasteiger partial charge in [0.1, 0.15) is 0 Å². The lowest BCUT2D eigenvalue weighted by Crippen LogP contribution is -2.22. The first-order valence-electron chi connectivity index (χ1n) is 6.03. The van der Waals surface area contributed by atoms with Crippen molar-refractivity contribution in [2.24, 2.45) is 5.92 Å². The highest BCUT2D eigenvalue weighted by molar-refractivity contribution is 4.45. The summed E-state index contributed by atoms with van der Waals surface area (Å²) in [4.78, 5) is 0. The highest BCUT2D eigenvalue weighted by Gasteiger charge is 1.92. The second-order valence-corrected chi connectivity index (χ2v) is 3.77. The van der Waals surface area contributed by atoms with Crippen molar-refractivity contribution in [3.8, 4) is 0 Å². The zero-order valence-electron chi connectivity index (χ0n) is 10.9. The van der Waals surface area contributed by atoms with Crippen LogP contribution in [-0.4, -0.2) is 38.5 Å². The number of hydrogen-bond donors (Lipinski definition) is 2. The van der Waals surface area contributed by atoms with E-state index >= 15 is 0 Å². The molecule has 3 nitrogen and oxygen atoms in total. The Morgan fingerprint density at radius 1 is 1.27 bits per heavy atom. The fraction of sp³-hybridized carbons (Fsp3) is 1.00. The SMILES string of the molecule is CCCC(C)CC.COCCNCCO. The van der Waals surface area contributed by atoms with Gasteiger partial charge < -0.3 is 15.2 Å². The van der Waals surface area contributed by atoms with Gasteiger partial charge in [-0.05, 0) is 5.92 Å². The van der Waals surface area contributed by atoms with Gasteiger partial charge in [0.15, 0.2) is 0 Å². The zero-order chi connectivity index (χ0) is 11.9. The van der Waals surface area contributed by atoms with E-state index in [1.165, 1.54) is 19.3 Å². The molecular formula is C12H29NO2. The molecule has 0 saturated carbocycles. The number of hydrogen-bond acceptors (Lipinski definition) is 3. The number of nitrogens with one attached hydrogen (secondary N) is 1. The number of rotatable bonds is 8. The average molecular weight is 219 g/mol. The number of aliphatic hydroxyl groups is 1. The van der Waals surface area contributed by atoms with E-state index in [0.29, 0.717) is 13.2 Å². The molecule has 0 aliphatic heterocycles. The molecule has 0 aromatic heterocycles. The Kier molecular flexibility index (Phi) is 18.8. The third-order valence-electron chi connectivity index (χ3n) is 2.25. The Morgan fingerprint density at radius 3 is 2.27 bits per heavy atom. The van der Waals surface area contributed by atoms with Gasteiger partial charge >= 0.3 is 0 Å². The fourth-order valence-corrected chi connectivity index (χ4v) is 1.08. The lowest BCUT2D eigenvalue weighted by Gasteiger charge is -2.02. The van der Waals surface area contributed by atoms with Gasteiger partial charge in [-0.25, -0.2) is 0 Å². The lowest BCUT2D eigenvalue weighted by molar-refractivity contribution is 0.195. The van der Waals surface area contributed by atoms with E-state index in [-0.39, 0.29) is 6.61 Å². The van der Waals surface area contributed by atoms with E-state index in [2.05, 4.69) is 26.1 Å². The molecule has 1 atom stereocenters. The van der Waals surface area contributed by atoms with Crippen LogP contribution in [0.2, 0.25) is 0 Å². The third kappa shape index (κ3) is 20.1. The molecule has 15 heavy (non-hydrogen) atoms.